The van der Waals surface area contributed by atoms with Crippen molar-refractivity contribution >= 4 is 22.4 Å². The van der Waals surface area contributed by atoms with Gasteiger partial charge in [0.25, 0.3) is 0 Å². The van der Waals surface area contributed by atoms with E-state index in [1.807, 2.05) is 53.9 Å². The van der Waals surface area contributed by atoms with E-state index in [0.29, 0.717) is 5.82 Å². The Morgan fingerprint density at radius 2 is 1.90 bits per heavy atom. The van der Waals surface area contributed by atoms with E-state index in [1.165, 1.54) is 0 Å². The minimum absolute atomic E-state index is 0.657. The van der Waals surface area contributed by atoms with E-state index in [-0.39, 0.29) is 0 Å². The van der Waals surface area contributed by atoms with E-state index >= 15 is 0 Å². The number of nitrogen functional groups attached to an aromatic ring is 1. The van der Waals surface area contributed by atoms with Crippen molar-refractivity contribution in [3.63, 3.8) is 0 Å². The molecule has 0 unspecified atom stereocenters. The number of nitrogens with two attached hydrogens (primary N) is 1. The summed E-state index contributed by atoms with van der Waals surface area (Å²) in [6.07, 6.45) is 1.92. The molecule has 1 aromatic carbocycles. The zero-order valence-corrected chi connectivity index (χ0v) is 11.6. The van der Waals surface area contributed by atoms with Gasteiger partial charge >= 0.3 is 0 Å². The zero-order chi connectivity index (χ0) is 14.4. The van der Waals surface area contributed by atoms with Gasteiger partial charge in [-0.1, -0.05) is 18.2 Å². The minimum atomic E-state index is 0.657. The number of anilines is 1. The lowest BCUT2D eigenvalue weighted by Crippen LogP contribution is -1.93. The van der Waals surface area contributed by atoms with Gasteiger partial charge < -0.3 is 5.73 Å². The van der Waals surface area contributed by atoms with Crippen molar-refractivity contribution in [1.29, 1.82) is 0 Å². The van der Waals surface area contributed by atoms with Crippen molar-refractivity contribution in [2.45, 2.75) is 6.92 Å². The van der Waals surface area contributed by atoms with Gasteiger partial charge in [0.15, 0.2) is 0 Å². The molecule has 0 bridgehead atoms. The fourth-order valence-corrected chi connectivity index (χ4v) is 2.60. The molecule has 2 N–H and O–H groups in total. The van der Waals surface area contributed by atoms with Gasteiger partial charge in [-0.3, -0.25) is 9.38 Å². The molecule has 4 heteroatoms. The molecule has 0 aliphatic rings. The first-order chi connectivity index (χ1) is 10.2. The Kier molecular flexibility index (Phi) is 2.44. The molecule has 21 heavy (non-hydrogen) atoms. The number of benzene rings is 1. The lowest BCUT2D eigenvalue weighted by Gasteiger charge is -2.03. The van der Waals surface area contributed by atoms with Crippen LogP contribution in [0.25, 0.3) is 27.8 Å². The van der Waals surface area contributed by atoms with Crippen LogP contribution in [0, 0.1) is 6.92 Å². The van der Waals surface area contributed by atoms with E-state index < -0.39 is 0 Å². The number of fused-ring (bicyclic) bond motifs is 2. The number of imidazole rings is 1. The average Bonchev–Trinajstić information content (AvgIpc) is 2.84. The van der Waals surface area contributed by atoms with Crippen molar-refractivity contribution in [1.82, 2.24) is 14.4 Å². The average molecular weight is 274 g/mol. The summed E-state index contributed by atoms with van der Waals surface area (Å²) < 4.78 is 1.90. The Morgan fingerprint density at radius 3 is 2.76 bits per heavy atom. The maximum Gasteiger partial charge on any atom is 0.139 e. The first kappa shape index (κ1) is 11.9. The number of nitrogens with zero attached hydrogens (tertiary/aromatic N) is 3. The summed E-state index contributed by atoms with van der Waals surface area (Å²) >= 11 is 0. The quantitative estimate of drug-likeness (QED) is 0.578. The predicted molar refractivity (Wildman–Crippen MR) is 85.1 cm³/mol. The van der Waals surface area contributed by atoms with E-state index in [1.54, 1.807) is 0 Å². The highest BCUT2D eigenvalue weighted by molar-refractivity contribution is 5.86. The smallest absolute Gasteiger partial charge is 0.139 e. The molecular weight excluding hydrogens is 260 g/mol. The fraction of sp³-hybridized carbons (Fsp3) is 0.0588. The van der Waals surface area contributed by atoms with Gasteiger partial charge in [-0.05, 0) is 37.3 Å². The second-order valence-electron chi connectivity index (χ2n) is 5.13. The molecule has 4 nitrogen and oxygen atoms in total. The van der Waals surface area contributed by atoms with Crippen molar-refractivity contribution < 1.29 is 0 Å². The number of hydrogen-bond donors (Lipinski definition) is 1. The van der Waals surface area contributed by atoms with Crippen LogP contribution in [0.4, 0.5) is 5.82 Å². The van der Waals surface area contributed by atoms with Crippen LogP contribution in [0.1, 0.15) is 5.69 Å². The monoisotopic (exact) mass is 274 g/mol. The Hall–Kier alpha value is -2.88. The van der Waals surface area contributed by atoms with Gasteiger partial charge in [0, 0.05) is 22.8 Å². The van der Waals surface area contributed by atoms with Gasteiger partial charge in [0.05, 0.1) is 5.52 Å². The first-order valence-electron chi connectivity index (χ1n) is 6.83. The third-order valence-electron chi connectivity index (χ3n) is 3.67. The van der Waals surface area contributed by atoms with Crippen LogP contribution in [0.3, 0.4) is 0 Å². The molecule has 0 aliphatic carbocycles. The molecule has 0 amide bonds. The van der Waals surface area contributed by atoms with Gasteiger partial charge in [-0.15, -0.1) is 0 Å². The number of rotatable bonds is 1. The summed E-state index contributed by atoms with van der Waals surface area (Å²) in [6.45, 7) is 1.99. The largest absolute Gasteiger partial charge is 0.383 e. The van der Waals surface area contributed by atoms with Crippen LogP contribution in [0.5, 0.6) is 0 Å². The maximum atomic E-state index is 6.22. The minimum Gasteiger partial charge on any atom is -0.383 e. The van der Waals surface area contributed by atoms with Gasteiger partial charge in [-0.2, -0.15) is 0 Å². The Balaban J connectivity index is 1.95. The SMILES string of the molecule is Cc1ccc2cc(-c3nc4ccccn4c3N)ccc2n1. The molecule has 102 valence electrons. The number of pyridine rings is 2. The maximum absolute atomic E-state index is 6.22. The Labute approximate surface area is 121 Å². The van der Waals surface area contributed by atoms with Crippen LogP contribution >= 0.6 is 0 Å². The van der Waals surface area contributed by atoms with Gasteiger partial charge in [0.1, 0.15) is 17.2 Å². The summed E-state index contributed by atoms with van der Waals surface area (Å²) in [4.78, 5) is 9.14. The molecule has 0 atom stereocenters. The lowest BCUT2D eigenvalue weighted by atomic mass is 10.1. The summed E-state index contributed by atoms with van der Waals surface area (Å²) in [5, 5.41) is 1.09. The van der Waals surface area contributed by atoms with Gasteiger partial charge in [0.2, 0.25) is 0 Å². The second-order valence-corrected chi connectivity index (χ2v) is 5.13. The third kappa shape index (κ3) is 1.84. The van der Waals surface area contributed by atoms with Crippen molar-refractivity contribution in [2.75, 3.05) is 5.73 Å². The molecule has 3 aromatic heterocycles. The standard InChI is InChI=1S/C17H14N4/c1-11-5-6-12-10-13(7-8-14(12)19-11)16-17(18)21-9-3-2-4-15(21)20-16/h2-10H,18H2,1H3. The van der Waals surface area contributed by atoms with Gasteiger partial charge in [-0.25, -0.2) is 4.98 Å². The molecule has 0 fully saturated rings. The summed E-state index contributed by atoms with van der Waals surface area (Å²) in [5.74, 6) is 0.657. The molecule has 0 saturated carbocycles. The van der Waals surface area contributed by atoms with Crippen LogP contribution in [-0.4, -0.2) is 14.4 Å². The predicted octanol–water partition coefficient (Wildman–Crippen LogP) is 3.44. The van der Waals surface area contributed by atoms with E-state index in [2.05, 4.69) is 22.1 Å². The van der Waals surface area contributed by atoms with E-state index in [9.17, 15) is 0 Å². The second kappa shape index (κ2) is 4.31. The van der Waals surface area contributed by atoms with Crippen LogP contribution in [0.15, 0.2) is 54.7 Å². The number of aromatic nitrogens is 3. The highest BCUT2D eigenvalue weighted by atomic mass is 15.1. The molecule has 4 rings (SSSR count). The first-order valence-corrected chi connectivity index (χ1v) is 6.83. The Bertz CT molecular complexity index is 969. The summed E-state index contributed by atoms with van der Waals surface area (Å²) in [5.41, 5.74) is 10.9. The fourth-order valence-electron chi connectivity index (χ4n) is 2.60. The van der Waals surface area contributed by atoms with Crippen LogP contribution in [-0.2, 0) is 0 Å². The van der Waals surface area contributed by atoms with E-state index in [0.717, 1.165) is 33.5 Å². The molecule has 4 aromatic rings. The highest BCUT2D eigenvalue weighted by Gasteiger charge is 2.11. The molecule has 0 radical (unpaired) electrons. The Morgan fingerprint density at radius 1 is 1.00 bits per heavy atom. The third-order valence-corrected chi connectivity index (χ3v) is 3.67. The van der Waals surface area contributed by atoms with Crippen molar-refractivity contribution in [3.05, 3.63) is 60.4 Å². The van der Waals surface area contributed by atoms with E-state index in [4.69, 9.17) is 5.73 Å². The highest BCUT2D eigenvalue weighted by Crippen LogP contribution is 2.28. The van der Waals surface area contributed by atoms with Crippen LogP contribution in [0.2, 0.25) is 0 Å². The van der Waals surface area contributed by atoms with Crippen molar-refractivity contribution in [3.8, 4) is 11.3 Å². The molecule has 3 heterocycles. The summed E-state index contributed by atoms with van der Waals surface area (Å²) in [6, 6.07) is 16.1. The lowest BCUT2D eigenvalue weighted by molar-refractivity contribution is 1.20. The topological polar surface area (TPSA) is 56.2 Å². The van der Waals surface area contributed by atoms with Crippen LogP contribution < -0.4 is 5.73 Å². The van der Waals surface area contributed by atoms with Crippen molar-refractivity contribution in [2.24, 2.45) is 0 Å². The molecule has 0 spiro atoms. The molecule has 0 aliphatic heterocycles. The molecular formula is C17H14N4. The normalized spacial score (nSPS) is 11.3. The summed E-state index contributed by atoms with van der Waals surface area (Å²) in [7, 11) is 0. The zero-order valence-electron chi connectivity index (χ0n) is 11.6. The molecule has 0 saturated heterocycles. The number of hydrogen-bond acceptors (Lipinski definition) is 3. The number of aryl methyl sites for hydroxylation is 1.